The van der Waals surface area contributed by atoms with E-state index in [1.165, 1.54) is 31.4 Å². The molecule has 2 fully saturated rings. The van der Waals surface area contributed by atoms with Crippen molar-refractivity contribution in [2.75, 3.05) is 20.3 Å². The minimum Gasteiger partial charge on any atom is -0.507 e. The van der Waals surface area contributed by atoms with Crippen LogP contribution in [0.2, 0.25) is 0 Å². The van der Waals surface area contributed by atoms with Gasteiger partial charge in [-0.2, -0.15) is 0 Å². The fraction of sp³-hybridized carbons (Fsp3) is 0.536. The highest BCUT2D eigenvalue weighted by Crippen LogP contribution is 2.42. The average molecular weight is 611 g/mol. The van der Waals surface area contributed by atoms with Crippen LogP contribution in [0.15, 0.2) is 36.4 Å². The Morgan fingerprint density at radius 1 is 0.814 bits per heavy atom. The maximum absolute atomic E-state index is 12.8. The molecular weight excluding hydrogens is 576 g/mol. The molecule has 3 aliphatic heterocycles. The summed E-state index contributed by atoms with van der Waals surface area (Å²) in [6, 6.07) is 9.09. The van der Waals surface area contributed by atoms with Crippen molar-refractivity contribution in [2.24, 2.45) is 0 Å². The molecule has 3 heterocycles. The lowest BCUT2D eigenvalue weighted by Gasteiger charge is -2.45. The first-order valence-electron chi connectivity index (χ1n) is 13.5. The second-order valence-electron chi connectivity index (χ2n) is 10.4. The Bertz CT molecular complexity index is 1270. The molecule has 0 saturated carbocycles. The molecule has 43 heavy (non-hydrogen) atoms. The van der Waals surface area contributed by atoms with Crippen molar-refractivity contribution < 1.29 is 74.1 Å². The number of aromatic hydroxyl groups is 1. The van der Waals surface area contributed by atoms with Crippen LogP contribution >= 0.6 is 0 Å². The number of rotatable bonds is 8. The Hall–Kier alpha value is -3.09. The van der Waals surface area contributed by atoms with E-state index >= 15 is 0 Å². The number of benzene rings is 2. The second kappa shape index (κ2) is 12.9. The van der Waals surface area contributed by atoms with E-state index in [1.807, 2.05) is 0 Å². The minimum absolute atomic E-state index is 0.0455. The number of hydrogen-bond donors (Lipinski definition) is 8. The number of hydrogen-bond acceptors (Lipinski definition) is 15. The van der Waals surface area contributed by atoms with Crippen LogP contribution in [-0.2, 0) is 14.2 Å². The van der Waals surface area contributed by atoms with Crippen LogP contribution in [0.5, 0.6) is 23.0 Å². The van der Waals surface area contributed by atoms with Crippen molar-refractivity contribution in [3.8, 4) is 23.0 Å². The largest absolute Gasteiger partial charge is 0.507 e. The fourth-order valence-electron chi connectivity index (χ4n) is 5.24. The first-order chi connectivity index (χ1) is 20.6. The number of fused-ring (bicyclic) bond motifs is 1. The van der Waals surface area contributed by atoms with Gasteiger partial charge in [-0.15, -0.1) is 0 Å². The van der Waals surface area contributed by atoms with Crippen molar-refractivity contribution in [2.45, 2.75) is 73.9 Å². The molecular formula is C28H34O15. The average Bonchev–Trinajstić information content (AvgIpc) is 3.00. The van der Waals surface area contributed by atoms with Crippen LogP contribution in [0.1, 0.15) is 28.4 Å². The molecule has 0 bridgehead atoms. The van der Waals surface area contributed by atoms with Gasteiger partial charge in [0.25, 0.3) is 0 Å². The van der Waals surface area contributed by atoms with Gasteiger partial charge in [0, 0.05) is 12.1 Å². The van der Waals surface area contributed by atoms with Crippen molar-refractivity contribution in [3.05, 3.63) is 47.5 Å². The van der Waals surface area contributed by atoms with Gasteiger partial charge in [-0.1, -0.05) is 12.1 Å². The number of carbonyl (C=O) groups excluding carboxylic acids is 1. The molecule has 3 aliphatic rings. The lowest BCUT2D eigenvalue weighted by Crippen LogP contribution is -2.65. The summed E-state index contributed by atoms with van der Waals surface area (Å²) in [4.78, 5) is 12.8. The maximum Gasteiger partial charge on any atom is 0.229 e. The van der Waals surface area contributed by atoms with Crippen LogP contribution in [0, 0.1) is 0 Å². The Morgan fingerprint density at radius 2 is 1.44 bits per heavy atom. The van der Waals surface area contributed by atoms with Crippen LogP contribution in [0.3, 0.4) is 0 Å². The van der Waals surface area contributed by atoms with E-state index in [9.17, 15) is 45.6 Å². The molecule has 2 aromatic rings. The Morgan fingerprint density at radius 3 is 2.07 bits per heavy atom. The van der Waals surface area contributed by atoms with Crippen molar-refractivity contribution in [3.63, 3.8) is 0 Å². The first kappa shape index (κ1) is 31.3. The molecule has 11 unspecified atom stereocenters. The number of ketones is 1. The predicted octanol–water partition coefficient (Wildman–Crippen LogP) is -1.89. The number of aliphatic hydroxyl groups is 7. The lowest BCUT2D eigenvalue weighted by molar-refractivity contribution is -0.357. The number of Topliss-reactive ketones (excluding diaryl/α,β-unsaturated/α-hetero) is 1. The van der Waals surface area contributed by atoms with Crippen molar-refractivity contribution in [1.82, 2.24) is 0 Å². The zero-order valence-corrected chi connectivity index (χ0v) is 22.9. The topological polar surface area (TPSA) is 234 Å². The molecule has 0 amide bonds. The minimum atomic E-state index is -1.80. The van der Waals surface area contributed by atoms with Gasteiger partial charge in [-0.05, 0) is 17.7 Å². The predicted molar refractivity (Wildman–Crippen MR) is 140 cm³/mol. The van der Waals surface area contributed by atoms with E-state index < -0.39 is 80.7 Å². The normalized spacial score (nSPS) is 36.0. The highest BCUT2D eigenvalue weighted by atomic mass is 16.8. The molecule has 0 aromatic heterocycles. The van der Waals surface area contributed by atoms with Crippen LogP contribution in [-0.4, -0.2) is 128 Å². The molecule has 15 nitrogen and oxygen atoms in total. The van der Waals surface area contributed by atoms with E-state index in [1.54, 1.807) is 12.1 Å². The van der Waals surface area contributed by atoms with Crippen LogP contribution in [0.25, 0.3) is 0 Å². The van der Waals surface area contributed by atoms with Crippen LogP contribution in [0.4, 0.5) is 0 Å². The molecule has 0 radical (unpaired) electrons. The summed E-state index contributed by atoms with van der Waals surface area (Å²) >= 11 is 0. The molecule has 0 aliphatic carbocycles. The fourth-order valence-corrected chi connectivity index (χ4v) is 5.24. The summed E-state index contributed by atoms with van der Waals surface area (Å²) in [5, 5.41) is 81.1. The molecule has 11 atom stereocenters. The Kier molecular flexibility index (Phi) is 9.38. The Balaban J connectivity index is 1.33. The third-order valence-corrected chi connectivity index (χ3v) is 7.68. The van der Waals surface area contributed by atoms with Crippen LogP contribution < -0.4 is 14.2 Å². The van der Waals surface area contributed by atoms with Gasteiger partial charge < -0.3 is 69.3 Å². The molecule has 0 spiro atoms. The van der Waals surface area contributed by atoms with Crippen molar-refractivity contribution >= 4 is 5.78 Å². The molecule has 236 valence electrons. The number of phenolic OH excluding ortho intramolecular Hbond substituents is 1. The van der Waals surface area contributed by atoms with E-state index in [0.717, 1.165) is 0 Å². The highest BCUT2D eigenvalue weighted by molar-refractivity contribution is 6.02. The summed E-state index contributed by atoms with van der Waals surface area (Å²) in [5.41, 5.74) is 0.659. The van der Waals surface area contributed by atoms with E-state index in [4.69, 9.17) is 28.4 Å². The summed E-state index contributed by atoms with van der Waals surface area (Å²) in [7, 11) is 1.42. The van der Waals surface area contributed by atoms with E-state index in [2.05, 4.69) is 0 Å². The molecule has 5 rings (SSSR count). The monoisotopic (exact) mass is 610 g/mol. The van der Waals surface area contributed by atoms with Gasteiger partial charge in [0.1, 0.15) is 77.4 Å². The lowest BCUT2D eigenvalue weighted by atomic mass is 9.95. The number of ether oxygens (including phenoxy) is 6. The molecule has 8 N–H and O–H groups in total. The highest BCUT2D eigenvalue weighted by Gasteiger charge is 2.51. The number of carbonyl (C=O) groups is 1. The van der Waals surface area contributed by atoms with Gasteiger partial charge in [0.05, 0.1) is 26.7 Å². The zero-order valence-electron chi connectivity index (χ0n) is 22.9. The van der Waals surface area contributed by atoms with Gasteiger partial charge in [0.2, 0.25) is 6.29 Å². The van der Waals surface area contributed by atoms with Gasteiger partial charge in [0.15, 0.2) is 18.2 Å². The first-order valence-corrected chi connectivity index (χ1v) is 13.5. The third-order valence-electron chi connectivity index (χ3n) is 7.68. The smallest absolute Gasteiger partial charge is 0.229 e. The standard InChI is InChI=1S/C28H34O15/c1-38-13-6-14(31)20-15(32)8-16(40-17(20)7-13)11-2-4-12(5-3-11)39-28-26(24(36)22(34)19(10-30)42-28)43-27-25(37)23(35)21(33)18(9-29)41-27/h2-7,16,18-19,21-31,33-37H,8-10H2,1H3. The second-order valence-corrected chi connectivity index (χ2v) is 10.4. The molecule has 2 saturated heterocycles. The number of phenols is 1. The zero-order chi connectivity index (χ0) is 31.0. The maximum atomic E-state index is 12.8. The molecule has 15 heteroatoms. The van der Waals surface area contributed by atoms with Crippen molar-refractivity contribution in [1.29, 1.82) is 0 Å². The summed E-state index contributed by atoms with van der Waals surface area (Å²) < 4.78 is 33.6. The van der Waals surface area contributed by atoms with Gasteiger partial charge >= 0.3 is 0 Å². The van der Waals surface area contributed by atoms with E-state index in [0.29, 0.717) is 11.3 Å². The van der Waals surface area contributed by atoms with Gasteiger partial charge in [-0.25, -0.2) is 0 Å². The summed E-state index contributed by atoms with van der Waals surface area (Å²) in [6.07, 6.45) is -16.6. The number of methoxy groups -OCH3 is 1. The third kappa shape index (κ3) is 6.14. The Labute approximate surface area is 245 Å². The molecule has 2 aromatic carbocycles. The summed E-state index contributed by atoms with van der Waals surface area (Å²) in [5.74, 6) is 0.0964. The summed E-state index contributed by atoms with van der Waals surface area (Å²) in [6.45, 7) is -1.40. The SMILES string of the molecule is COc1cc(O)c2c(c1)OC(c1ccc(OC3OC(CO)C(O)C(O)C3OC3OC(CO)C(O)C(O)C3O)cc1)CC2=O. The quantitative estimate of drug-likeness (QED) is 0.163. The van der Waals surface area contributed by atoms with E-state index in [-0.39, 0.29) is 35.0 Å². The van der Waals surface area contributed by atoms with Gasteiger partial charge in [-0.3, -0.25) is 4.79 Å². The number of aliphatic hydroxyl groups excluding tert-OH is 7.